The van der Waals surface area contributed by atoms with E-state index in [2.05, 4.69) is 14.9 Å². The maximum Gasteiger partial charge on any atom is 0.102 e. The van der Waals surface area contributed by atoms with Crippen LogP contribution in [-0.4, -0.2) is 19.6 Å². The number of nitrogens with zero attached hydrogens (tertiary/aromatic N) is 4. The van der Waals surface area contributed by atoms with Crippen molar-refractivity contribution in [2.75, 3.05) is 0 Å². The van der Waals surface area contributed by atoms with E-state index in [9.17, 15) is 0 Å². The average Bonchev–Trinajstić information content (AvgIpc) is 2.87. The van der Waals surface area contributed by atoms with E-state index in [4.69, 9.17) is 23.2 Å². The molecule has 92 valence electrons. The van der Waals surface area contributed by atoms with Crippen LogP contribution < -0.4 is 0 Å². The van der Waals surface area contributed by atoms with Gasteiger partial charge in [-0.25, -0.2) is 0 Å². The summed E-state index contributed by atoms with van der Waals surface area (Å²) >= 11 is 12.2. The van der Waals surface area contributed by atoms with Crippen LogP contribution in [0.3, 0.4) is 0 Å². The molecule has 18 heavy (non-hydrogen) atoms. The van der Waals surface area contributed by atoms with E-state index < -0.39 is 0 Å². The minimum Gasteiger partial charge on any atom is -0.341 e. The number of aromatic nitrogens is 4. The van der Waals surface area contributed by atoms with Crippen LogP contribution in [0.1, 0.15) is 5.69 Å². The van der Waals surface area contributed by atoms with E-state index in [1.165, 1.54) is 0 Å². The number of aryl methyl sites for hydroxylation is 1. The third-order valence-electron chi connectivity index (χ3n) is 2.79. The topological polar surface area (TPSA) is 35.6 Å². The summed E-state index contributed by atoms with van der Waals surface area (Å²) in [5, 5.41) is 10.3. The minimum absolute atomic E-state index is 0.631. The van der Waals surface area contributed by atoms with E-state index >= 15 is 0 Å². The Morgan fingerprint density at radius 2 is 2.11 bits per heavy atom. The highest BCUT2D eigenvalue weighted by Crippen LogP contribution is 2.28. The van der Waals surface area contributed by atoms with Crippen LogP contribution in [0.2, 0.25) is 10.0 Å². The van der Waals surface area contributed by atoms with Gasteiger partial charge in [-0.2, -0.15) is 0 Å². The van der Waals surface area contributed by atoms with Crippen molar-refractivity contribution in [3.63, 3.8) is 0 Å². The molecule has 0 atom stereocenters. The van der Waals surface area contributed by atoms with E-state index in [0.717, 1.165) is 16.6 Å². The van der Waals surface area contributed by atoms with Gasteiger partial charge >= 0.3 is 0 Å². The summed E-state index contributed by atoms with van der Waals surface area (Å²) in [4.78, 5) is 0. The molecular formula is C12H10Cl2N4. The Labute approximate surface area is 114 Å². The van der Waals surface area contributed by atoms with Gasteiger partial charge in [0.25, 0.3) is 0 Å². The first-order valence-corrected chi connectivity index (χ1v) is 6.18. The molecule has 0 bridgehead atoms. The van der Waals surface area contributed by atoms with Crippen molar-refractivity contribution in [3.05, 3.63) is 46.3 Å². The van der Waals surface area contributed by atoms with Crippen molar-refractivity contribution >= 4 is 34.1 Å². The zero-order valence-corrected chi connectivity index (χ0v) is 11.2. The number of hydrogen-bond acceptors (Lipinski definition) is 2. The summed E-state index contributed by atoms with van der Waals surface area (Å²) in [6.45, 7) is 0.647. The van der Waals surface area contributed by atoms with Gasteiger partial charge in [0.1, 0.15) is 5.69 Å². The highest BCUT2D eigenvalue weighted by Gasteiger charge is 2.08. The second-order valence-electron chi connectivity index (χ2n) is 4.15. The molecule has 0 saturated heterocycles. The van der Waals surface area contributed by atoms with Crippen LogP contribution in [0.4, 0.5) is 0 Å². The minimum atomic E-state index is 0.631. The number of fused-ring (bicyclic) bond motifs is 1. The van der Waals surface area contributed by atoms with Crippen LogP contribution in [-0.2, 0) is 13.6 Å². The first-order valence-electron chi connectivity index (χ1n) is 5.42. The van der Waals surface area contributed by atoms with Gasteiger partial charge < -0.3 is 4.57 Å². The summed E-state index contributed by atoms with van der Waals surface area (Å²) in [5.74, 6) is 0. The number of hydrogen-bond donors (Lipinski definition) is 0. The Morgan fingerprint density at radius 1 is 1.28 bits per heavy atom. The molecule has 0 aliphatic rings. The molecule has 0 radical (unpaired) electrons. The first-order chi connectivity index (χ1) is 8.63. The highest BCUT2D eigenvalue weighted by atomic mass is 35.5. The molecule has 0 saturated carbocycles. The van der Waals surface area contributed by atoms with Gasteiger partial charge in [0.05, 0.1) is 17.1 Å². The molecule has 2 heterocycles. The van der Waals surface area contributed by atoms with Crippen LogP contribution in [0.5, 0.6) is 0 Å². The van der Waals surface area contributed by atoms with Gasteiger partial charge in [-0.3, -0.25) is 4.68 Å². The summed E-state index contributed by atoms with van der Waals surface area (Å²) < 4.78 is 3.73. The van der Waals surface area contributed by atoms with Crippen molar-refractivity contribution < 1.29 is 0 Å². The second-order valence-corrected chi connectivity index (χ2v) is 4.99. The number of rotatable bonds is 2. The smallest absolute Gasteiger partial charge is 0.102 e. The maximum atomic E-state index is 6.15. The first kappa shape index (κ1) is 11.6. The third kappa shape index (κ3) is 1.98. The van der Waals surface area contributed by atoms with Crippen molar-refractivity contribution in [2.45, 2.75) is 6.54 Å². The van der Waals surface area contributed by atoms with Crippen molar-refractivity contribution in [3.8, 4) is 0 Å². The average molecular weight is 281 g/mol. The summed E-state index contributed by atoms with van der Waals surface area (Å²) in [5.41, 5.74) is 1.89. The molecule has 3 rings (SSSR count). The Morgan fingerprint density at radius 3 is 2.83 bits per heavy atom. The van der Waals surface area contributed by atoms with Gasteiger partial charge in [0.15, 0.2) is 0 Å². The van der Waals surface area contributed by atoms with Crippen LogP contribution in [0.15, 0.2) is 30.6 Å². The van der Waals surface area contributed by atoms with E-state index in [1.807, 2.05) is 31.6 Å². The van der Waals surface area contributed by atoms with Crippen molar-refractivity contribution in [1.29, 1.82) is 0 Å². The predicted octanol–water partition coefficient (Wildman–Crippen LogP) is 3.12. The summed E-state index contributed by atoms with van der Waals surface area (Å²) in [6, 6.07) is 5.63. The molecule has 1 aromatic carbocycles. The normalized spacial score (nSPS) is 11.3. The Bertz CT molecular complexity index is 714. The molecule has 0 amide bonds. The molecule has 2 aromatic heterocycles. The summed E-state index contributed by atoms with van der Waals surface area (Å²) in [6.07, 6.45) is 3.86. The standard InChI is InChI=1S/C12H10Cl2N4/c1-17-6-9(15-16-17)7-18-3-2-10-11(14)4-8(13)5-12(10)18/h2-6H,7H2,1H3. The fourth-order valence-corrected chi connectivity index (χ4v) is 2.54. The van der Waals surface area contributed by atoms with Crippen molar-refractivity contribution in [2.24, 2.45) is 7.05 Å². The van der Waals surface area contributed by atoms with Gasteiger partial charge in [0.2, 0.25) is 0 Å². The van der Waals surface area contributed by atoms with Crippen molar-refractivity contribution in [1.82, 2.24) is 19.6 Å². The summed E-state index contributed by atoms with van der Waals surface area (Å²) in [7, 11) is 1.85. The molecule has 0 spiro atoms. The molecule has 0 aliphatic heterocycles. The zero-order valence-electron chi connectivity index (χ0n) is 9.64. The lowest BCUT2D eigenvalue weighted by Crippen LogP contribution is -1.98. The molecule has 3 aromatic rings. The number of halogens is 2. The monoisotopic (exact) mass is 280 g/mol. The van der Waals surface area contributed by atoms with E-state index in [-0.39, 0.29) is 0 Å². The fraction of sp³-hybridized carbons (Fsp3) is 0.167. The molecule has 0 fully saturated rings. The van der Waals surface area contributed by atoms with Crippen LogP contribution in [0.25, 0.3) is 10.9 Å². The van der Waals surface area contributed by atoms with Gasteiger partial charge in [-0.1, -0.05) is 28.4 Å². The largest absolute Gasteiger partial charge is 0.341 e. The Kier molecular flexibility index (Phi) is 2.76. The second kappa shape index (κ2) is 4.30. The lowest BCUT2D eigenvalue weighted by atomic mass is 10.2. The van der Waals surface area contributed by atoms with Gasteiger partial charge in [0, 0.05) is 29.9 Å². The number of benzene rings is 1. The molecule has 0 unspecified atom stereocenters. The van der Waals surface area contributed by atoms with E-state index in [1.54, 1.807) is 10.7 Å². The van der Waals surface area contributed by atoms with E-state index in [0.29, 0.717) is 16.6 Å². The zero-order chi connectivity index (χ0) is 12.7. The molecule has 6 heteroatoms. The highest BCUT2D eigenvalue weighted by molar-refractivity contribution is 6.38. The molecule has 0 N–H and O–H groups in total. The predicted molar refractivity (Wildman–Crippen MR) is 72.1 cm³/mol. The lowest BCUT2D eigenvalue weighted by Gasteiger charge is -2.03. The van der Waals surface area contributed by atoms with Crippen LogP contribution in [0, 0.1) is 0 Å². The van der Waals surface area contributed by atoms with Crippen LogP contribution >= 0.6 is 23.2 Å². The third-order valence-corrected chi connectivity index (χ3v) is 3.32. The maximum absolute atomic E-state index is 6.15. The van der Waals surface area contributed by atoms with Gasteiger partial charge in [-0.15, -0.1) is 5.10 Å². The van der Waals surface area contributed by atoms with Gasteiger partial charge in [-0.05, 0) is 18.2 Å². The molecule has 4 nitrogen and oxygen atoms in total. The Balaban J connectivity index is 2.07. The molecular weight excluding hydrogens is 271 g/mol. The molecule has 0 aliphatic carbocycles. The SMILES string of the molecule is Cn1cc(Cn2ccc3c(Cl)cc(Cl)cc32)nn1. The quantitative estimate of drug-likeness (QED) is 0.723. The lowest BCUT2D eigenvalue weighted by molar-refractivity contribution is 0.711. The fourth-order valence-electron chi connectivity index (χ4n) is 2.00. The Hall–Kier alpha value is -1.52.